The summed E-state index contributed by atoms with van der Waals surface area (Å²) in [6.07, 6.45) is 2.01. The molecule has 6 aromatic rings. The summed E-state index contributed by atoms with van der Waals surface area (Å²) in [4.78, 5) is 10.3. The molecule has 3 heteroatoms. The first-order valence-corrected chi connectivity index (χ1v) is 16.5. The van der Waals surface area contributed by atoms with Gasteiger partial charge in [0.1, 0.15) is 5.01 Å². The average Bonchev–Trinajstić information content (AvgIpc) is 3.43. The molecule has 0 saturated heterocycles. The summed E-state index contributed by atoms with van der Waals surface area (Å²) in [7, 11) is 0. The number of hydrogen-bond acceptors (Lipinski definition) is 3. The summed E-state index contributed by atoms with van der Waals surface area (Å²) in [5.74, 6) is 0. The molecule has 0 radical (unpaired) electrons. The van der Waals surface area contributed by atoms with E-state index in [1.54, 1.807) is 11.3 Å². The number of aliphatic imine (C=N–C) groups is 1. The van der Waals surface area contributed by atoms with Crippen molar-refractivity contribution in [2.24, 2.45) is 4.99 Å². The summed E-state index contributed by atoms with van der Waals surface area (Å²) < 4.78 is 1.17. The van der Waals surface area contributed by atoms with Gasteiger partial charge in [-0.15, -0.1) is 11.3 Å². The van der Waals surface area contributed by atoms with Crippen LogP contribution in [0.15, 0.2) is 108 Å². The van der Waals surface area contributed by atoms with Crippen LogP contribution >= 0.6 is 11.3 Å². The number of rotatable bonds is 5. The summed E-state index contributed by atoms with van der Waals surface area (Å²) in [6.45, 7) is 17.9. The van der Waals surface area contributed by atoms with E-state index in [4.69, 9.17) is 9.98 Å². The van der Waals surface area contributed by atoms with Gasteiger partial charge in [-0.25, -0.2) is 4.98 Å². The molecule has 0 bridgehead atoms. The molecule has 0 amide bonds. The van der Waals surface area contributed by atoms with E-state index in [9.17, 15) is 0 Å². The van der Waals surface area contributed by atoms with E-state index < -0.39 is 0 Å². The van der Waals surface area contributed by atoms with Gasteiger partial charge in [-0.3, -0.25) is 4.99 Å². The Morgan fingerprint density at radius 3 is 1.84 bits per heavy atom. The second-order valence-corrected chi connectivity index (χ2v) is 15.3. The Bertz CT molecular complexity index is 1980. The summed E-state index contributed by atoms with van der Waals surface area (Å²) in [6, 6.07) is 37.3. The first-order valence-electron chi connectivity index (χ1n) is 15.7. The van der Waals surface area contributed by atoms with E-state index in [-0.39, 0.29) is 10.8 Å². The highest BCUT2D eigenvalue weighted by Crippen LogP contribution is 2.39. The van der Waals surface area contributed by atoms with Crippen LogP contribution in [-0.4, -0.2) is 11.2 Å². The largest absolute Gasteiger partial charge is 0.256 e. The van der Waals surface area contributed by atoms with Gasteiger partial charge in [-0.2, -0.15) is 0 Å². The van der Waals surface area contributed by atoms with Crippen molar-refractivity contribution < 1.29 is 0 Å². The maximum absolute atomic E-state index is 5.22. The topological polar surface area (TPSA) is 25.2 Å². The fourth-order valence-electron chi connectivity index (χ4n) is 5.78. The van der Waals surface area contributed by atoms with E-state index in [1.807, 2.05) is 6.21 Å². The first kappa shape index (κ1) is 30.7. The number of fused-ring (bicyclic) bond motifs is 1. The number of para-hydroxylation sites is 2. The molecular formula is C42H42N2S. The maximum Gasteiger partial charge on any atom is 0.126 e. The highest BCUT2D eigenvalue weighted by molar-refractivity contribution is 7.21. The van der Waals surface area contributed by atoms with Crippen LogP contribution in [0, 0.1) is 13.8 Å². The van der Waals surface area contributed by atoms with Crippen LogP contribution in [0.4, 0.5) is 5.69 Å². The van der Waals surface area contributed by atoms with Crippen molar-refractivity contribution in [3.05, 3.63) is 131 Å². The van der Waals surface area contributed by atoms with Gasteiger partial charge in [0.15, 0.2) is 0 Å². The van der Waals surface area contributed by atoms with Gasteiger partial charge in [0, 0.05) is 17.3 Å². The lowest BCUT2D eigenvalue weighted by Crippen LogP contribution is -2.17. The van der Waals surface area contributed by atoms with Crippen LogP contribution in [0.1, 0.15) is 69.4 Å². The zero-order valence-electron chi connectivity index (χ0n) is 27.7. The minimum atomic E-state index is 0.0560. The van der Waals surface area contributed by atoms with Gasteiger partial charge in [0.05, 0.1) is 15.9 Å². The average molecular weight is 607 g/mol. The van der Waals surface area contributed by atoms with E-state index in [2.05, 4.69) is 159 Å². The quantitative estimate of drug-likeness (QED) is 0.179. The lowest BCUT2D eigenvalue weighted by molar-refractivity contribution is 0.568. The van der Waals surface area contributed by atoms with Crippen LogP contribution in [0.2, 0.25) is 0 Å². The molecule has 0 unspecified atom stereocenters. The van der Waals surface area contributed by atoms with Gasteiger partial charge < -0.3 is 0 Å². The number of benzene rings is 5. The van der Waals surface area contributed by atoms with E-state index >= 15 is 0 Å². The number of nitrogens with zero attached hydrogens (tertiary/aromatic N) is 2. The Morgan fingerprint density at radius 1 is 0.600 bits per heavy atom. The summed E-state index contributed by atoms with van der Waals surface area (Å²) in [5.41, 5.74) is 14.3. The Balaban J connectivity index is 1.36. The summed E-state index contributed by atoms with van der Waals surface area (Å²) >= 11 is 1.72. The standard InChI is InChI=1S/C42H42N2S/c1-27-20-28(2)22-32(21-27)30-16-18-31(19-17-30)35-13-11-15-38-39(35)44-40(45-38)36-12-9-10-14-37(36)43-26-29-23-33(41(3,4)5)25-34(24-29)42(6,7)8/h9-26H,1-8H3. The Labute approximate surface area is 272 Å². The van der Waals surface area contributed by atoms with Crippen LogP contribution < -0.4 is 0 Å². The predicted octanol–water partition coefficient (Wildman–Crippen LogP) is 12.3. The van der Waals surface area contributed by atoms with Gasteiger partial charge in [0.2, 0.25) is 0 Å². The smallest absolute Gasteiger partial charge is 0.126 e. The van der Waals surface area contributed by atoms with Gasteiger partial charge >= 0.3 is 0 Å². The third-order valence-electron chi connectivity index (χ3n) is 8.34. The number of thiazole rings is 1. The van der Waals surface area contributed by atoms with Crippen molar-refractivity contribution in [2.45, 2.75) is 66.2 Å². The van der Waals surface area contributed by atoms with Crippen molar-refractivity contribution >= 4 is 33.5 Å². The molecule has 0 aliphatic carbocycles. The maximum atomic E-state index is 5.22. The van der Waals surface area contributed by atoms with Crippen molar-refractivity contribution in [1.82, 2.24) is 4.98 Å². The molecule has 0 aliphatic heterocycles. The molecular weight excluding hydrogens is 565 g/mol. The molecule has 0 spiro atoms. The number of aryl methyl sites for hydroxylation is 2. The normalized spacial score (nSPS) is 12.4. The molecule has 0 N–H and O–H groups in total. The zero-order chi connectivity index (χ0) is 31.9. The lowest BCUT2D eigenvalue weighted by Gasteiger charge is -2.25. The number of hydrogen-bond donors (Lipinski definition) is 0. The first-order chi connectivity index (χ1) is 21.3. The molecule has 0 fully saturated rings. The molecule has 45 heavy (non-hydrogen) atoms. The minimum absolute atomic E-state index is 0.0560. The molecule has 0 aliphatic rings. The Kier molecular flexibility index (Phi) is 8.09. The van der Waals surface area contributed by atoms with Crippen LogP contribution in [0.25, 0.3) is 43.0 Å². The van der Waals surface area contributed by atoms with E-state index in [0.717, 1.165) is 32.9 Å². The van der Waals surface area contributed by atoms with Crippen LogP contribution in [0.5, 0.6) is 0 Å². The zero-order valence-corrected chi connectivity index (χ0v) is 28.5. The molecule has 5 aromatic carbocycles. The minimum Gasteiger partial charge on any atom is -0.256 e. The Morgan fingerprint density at radius 2 is 1.20 bits per heavy atom. The number of aromatic nitrogens is 1. The van der Waals surface area contributed by atoms with Crippen LogP contribution in [0.3, 0.4) is 0 Å². The van der Waals surface area contributed by atoms with E-state index in [0.29, 0.717) is 0 Å². The van der Waals surface area contributed by atoms with Gasteiger partial charge in [-0.05, 0) is 88.4 Å². The van der Waals surface area contributed by atoms with Crippen molar-refractivity contribution in [3.63, 3.8) is 0 Å². The SMILES string of the molecule is Cc1cc(C)cc(-c2ccc(-c3cccc4sc(-c5ccccc5N=Cc5cc(C(C)(C)C)cc(C(C)(C)C)c5)nc34)cc2)c1. The molecule has 6 rings (SSSR count). The molecule has 0 saturated carbocycles. The van der Waals surface area contributed by atoms with Crippen molar-refractivity contribution in [1.29, 1.82) is 0 Å². The molecule has 1 heterocycles. The summed E-state index contributed by atoms with van der Waals surface area (Å²) in [5, 5.41) is 0.982. The second-order valence-electron chi connectivity index (χ2n) is 14.2. The fraction of sp³-hybridized carbons (Fsp3) is 0.238. The predicted molar refractivity (Wildman–Crippen MR) is 196 cm³/mol. The highest BCUT2D eigenvalue weighted by atomic mass is 32.1. The van der Waals surface area contributed by atoms with Crippen molar-refractivity contribution in [3.8, 4) is 32.8 Å². The Hall–Kier alpha value is -4.34. The molecule has 0 atom stereocenters. The van der Waals surface area contributed by atoms with Gasteiger partial charge in [0.25, 0.3) is 0 Å². The van der Waals surface area contributed by atoms with Crippen molar-refractivity contribution in [2.75, 3.05) is 0 Å². The molecule has 2 nitrogen and oxygen atoms in total. The second kappa shape index (κ2) is 11.9. The van der Waals surface area contributed by atoms with Crippen LogP contribution in [-0.2, 0) is 10.8 Å². The third-order valence-corrected chi connectivity index (χ3v) is 9.40. The fourth-order valence-corrected chi connectivity index (χ4v) is 6.81. The lowest BCUT2D eigenvalue weighted by atomic mass is 9.79. The highest BCUT2D eigenvalue weighted by Gasteiger charge is 2.20. The molecule has 1 aromatic heterocycles. The van der Waals surface area contributed by atoms with Gasteiger partial charge in [-0.1, -0.05) is 125 Å². The molecule has 226 valence electrons. The third kappa shape index (κ3) is 6.70. The monoisotopic (exact) mass is 606 g/mol. The van der Waals surface area contributed by atoms with E-state index in [1.165, 1.54) is 43.6 Å².